The first kappa shape index (κ1) is 12.8. The first-order valence-electron chi connectivity index (χ1n) is 6.80. The van der Waals surface area contributed by atoms with Crippen LogP contribution in [0.1, 0.15) is 53.6 Å². The number of amides is 1. The zero-order valence-electron chi connectivity index (χ0n) is 11.6. The molecule has 1 aliphatic rings. The van der Waals surface area contributed by atoms with Crippen LogP contribution in [-0.4, -0.2) is 26.1 Å². The lowest BCUT2D eigenvalue weighted by atomic mass is 10.1. The molecule has 1 aromatic heterocycles. The maximum absolute atomic E-state index is 12.2. The molecule has 0 unspecified atom stereocenters. The van der Waals surface area contributed by atoms with Gasteiger partial charge in [-0.3, -0.25) is 4.79 Å². The normalized spacial score (nSPS) is 15.9. The van der Waals surface area contributed by atoms with E-state index in [-0.39, 0.29) is 11.9 Å². The maximum atomic E-state index is 12.2. The summed E-state index contributed by atoms with van der Waals surface area (Å²) in [7, 11) is 0. The second-order valence-electron chi connectivity index (χ2n) is 5.27. The van der Waals surface area contributed by atoms with Crippen molar-refractivity contribution in [1.29, 1.82) is 0 Å². The van der Waals surface area contributed by atoms with Gasteiger partial charge in [0.25, 0.3) is 5.91 Å². The van der Waals surface area contributed by atoms with Crippen molar-refractivity contribution in [2.75, 3.05) is 0 Å². The largest absolute Gasteiger partial charge is 0.342 e. The van der Waals surface area contributed by atoms with Gasteiger partial charge in [-0.25, -0.2) is 4.68 Å². The molecule has 0 saturated heterocycles. The van der Waals surface area contributed by atoms with Crippen LogP contribution in [0, 0.1) is 6.92 Å². The third-order valence-corrected chi connectivity index (χ3v) is 3.46. The lowest BCUT2D eigenvalue weighted by Crippen LogP contribution is -2.28. The summed E-state index contributed by atoms with van der Waals surface area (Å²) >= 11 is 0. The Morgan fingerprint density at radius 1 is 1.35 bits per heavy atom. The molecule has 0 radical (unpaired) electrons. The van der Waals surface area contributed by atoms with Gasteiger partial charge in [0, 0.05) is 5.56 Å². The Balaban J connectivity index is 1.71. The summed E-state index contributed by atoms with van der Waals surface area (Å²) in [5.74, 6) is 0.607. The monoisotopic (exact) mass is 271 g/mol. The van der Waals surface area contributed by atoms with Crippen molar-refractivity contribution < 1.29 is 4.79 Å². The topological polar surface area (TPSA) is 72.7 Å². The Morgan fingerprint density at radius 3 is 2.70 bits per heavy atom. The lowest BCUT2D eigenvalue weighted by Gasteiger charge is -2.13. The fourth-order valence-corrected chi connectivity index (χ4v) is 2.11. The highest BCUT2D eigenvalue weighted by atomic mass is 16.1. The van der Waals surface area contributed by atoms with Gasteiger partial charge in [0.1, 0.15) is 0 Å². The second-order valence-corrected chi connectivity index (χ2v) is 5.27. The van der Waals surface area contributed by atoms with Gasteiger partial charge in [-0.1, -0.05) is 17.7 Å². The van der Waals surface area contributed by atoms with E-state index in [1.165, 1.54) is 0 Å². The zero-order valence-corrected chi connectivity index (χ0v) is 11.6. The molecular weight excluding hydrogens is 254 g/mol. The number of carbonyl (C=O) groups excluding carboxylic acids is 1. The summed E-state index contributed by atoms with van der Waals surface area (Å²) in [6.07, 6.45) is 2.22. The van der Waals surface area contributed by atoms with E-state index < -0.39 is 0 Å². The Morgan fingerprint density at radius 2 is 2.05 bits per heavy atom. The molecule has 1 amide bonds. The Labute approximate surface area is 117 Å². The number of nitrogens with one attached hydrogen (secondary N) is 1. The van der Waals surface area contributed by atoms with E-state index >= 15 is 0 Å². The van der Waals surface area contributed by atoms with Crippen LogP contribution in [0.3, 0.4) is 0 Å². The third kappa shape index (κ3) is 2.54. The van der Waals surface area contributed by atoms with Gasteiger partial charge in [0.15, 0.2) is 5.82 Å². The molecule has 1 aliphatic carbocycles. The summed E-state index contributed by atoms with van der Waals surface area (Å²) in [4.78, 5) is 12.2. The molecule has 1 fully saturated rings. The quantitative estimate of drug-likeness (QED) is 0.920. The third-order valence-electron chi connectivity index (χ3n) is 3.46. The van der Waals surface area contributed by atoms with Gasteiger partial charge in [-0.05, 0) is 49.2 Å². The van der Waals surface area contributed by atoms with Gasteiger partial charge in [-0.15, -0.1) is 5.10 Å². The van der Waals surface area contributed by atoms with Crippen LogP contribution < -0.4 is 5.32 Å². The average Bonchev–Trinajstić information content (AvgIpc) is 3.16. The smallest absolute Gasteiger partial charge is 0.251 e. The molecule has 1 heterocycles. The molecule has 1 saturated carbocycles. The first-order chi connectivity index (χ1) is 9.65. The molecular formula is C14H17N5O. The van der Waals surface area contributed by atoms with Gasteiger partial charge >= 0.3 is 0 Å². The van der Waals surface area contributed by atoms with E-state index in [2.05, 4.69) is 20.8 Å². The van der Waals surface area contributed by atoms with Crippen LogP contribution in [0.4, 0.5) is 0 Å². The van der Waals surface area contributed by atoms with Crippen molar-refractivity contribution >= 4 is 5.91 Å². The van der Waals surface area contributed by atoms with Crippen molar-refractivity contribution in [1.82, 2.24) is 25.5 Å². The van der Waals surface area contributed by atoms with E-state index in [0.717, 1.165) is 18.4 Å². The Hall–Kier alpha value is -2.24. The first-order valence-corrected chi connectivity index (χ1v) is 6.80. The van der Waals surface area contributed by atoms with E-state index in [9.17, 15) is 4.79 Å². The highest BCUT2D eigenvalue weighted by Crippen LogP contribution is 2.35. The molecule has 104 valence electrons. The Kier molecular flexibility index (Phi) is 3.22. The SMILES string of the molecule is Cc1ccc(C(=O)N[C@@H](C)c2nnnn2C2CC2)cc1. The predicted octanol–water partition coefficient (Wildman–Crippen LogP) is 1.81. The van der Waals surface area contributed by atoms with Crippen LogP contribution >= 0.6 is 0 Å². The van der Waals surface area contributed by atoms with E-state index in [4.69, 9.17) is 0 Å². The molecule has 0 aliphatic heterocycles. The molecule has 2 aromatic rings. The molecule has 1 N–H and O–H groups in total. The molecule has 20 heavy (non-hydrogen) atoms. The molecule has 3 rings (SSSR count). The van der Waals surface area contributed by atoms with Gasteiger partial charge in [0.2, 0.25) is 0 Å². The van der Waals surface area contributed by atoms with Crippen molar-refractivity contribution in [2.45, 2.75) is 38.8 Å². The standard InChI is InChI=1S/C14H17N5O/c1-9-3-5-11(6-4-9)14(20)15-10(2)13-16-17-18-19(13)12-7-8-12/h3-6,10,12H,7-8H2,1-2H3,(H,15,20)/t10-/m0/s1. The van der Waals surface area contributed by atoms with Crippen molar-refractivity contribution in [3.05, 3.63) is 41.2 Å². The van der Waals surface area contributed by atoms with E-state index in [1.807, 2.05) is 42.8 Å². The number of hydrogen-bond acceptors (Lipinski definition) is 4. The highest BCUT2D eigenvalue weighted by molar-refractivity contribution is 5.94. The number of nitrogens with zero attached hydrogens (tertiary/aromatic N) is 4. The van der Waals surface area contributed by atoms with E-state index in [0.29, 0.717) is 17.4 Å². The zero-order chi connectivity index (χ0) is 14.1. The van der Waals surface area contributed by atoms with Crippen molar-refractivity contribution in [3.8, 4) is 0 Å². The van der Waals surface area contributed by atoms with Crippen LogP contribution in [-0.2, 0) is 0 Å². The van der Waals surface area contributed by atoms with Gasteiger partial charge < -0.3 is 5.32 Å². The van der Waals surface area contributed by atoms with Crippen LogP contribution in [0.25, 0.3) is 0 Å². The van der Waals surface area contributed by atoms with E-state index in [1.54, 1.807) is 0 Å². The number of carbonyl (C=O) groups is 1. The summed E-state index contributed by atoms with van der Waals surface area (Å²) in [6, 6.07) is 7.68. The average molecular weight is 271 g/mol. The molecule has 0 spiro atoms. The number of benzene rings is 1. The fourth-order valence-electron chi connectivity index (χ4n) is 2.11. The Bertz CT molecular complexity index is 615. The molecule has 6 nitrogen and oxygen atoms in total. The minimum absolute atomic E-state index is 0.108. The summed E-state index contributed by atoms with van der Waals surface area (Å²) in [6.45, 7) is 3.89. The van der Waals surface area contributed by atoms with Crippen molar-refractivity contribution in [3.63, 3.8) is 0 Å². The number of rotatable bonds is 4. The van der Waals surface area contributed by atoms with Crippen molar-refractivity contribution in [2.24, 2.45) is 0 Å². The van der Waals surface area contributed by atoms with Gasteiger partial charge in [0.05, 0.1) is 12.1 Å². The minimum atomic E-state index is -0.209. The number of tetrazole rings is 1. The second kappa shape index (κ2) is 5.03. The summed E-state index contributed by atoms with van der Waals surface area (Å²) in [5.41, 5.74) is 1.78. The molecule has 6 heteroatoms. The highest BCUT2D eigenvalue weighted by Gasteiger charge is 2.29. The number of aryl methyl sites for hydroxylation is 1. The fraction of sp³-hybridized carbons (Fsp3) is 0.429. The molecule has 1 aromatic carbocycles. The van der Waals surface area contributed by atoms with Crippen LogP contribution in [0.2, 0.25) is 0 Å². The van der Waals surface area contributed by atoms with Gasteiger partial charge in [-0.2, -0.15) is 0 Å². The number of hydrogen-bond donors (Lipinski definition) is 1. The predicted molar refractivity (Wildman–Crippen MR) is 73.1 cm³/mol. The molecule has 1 atom stereocenters. The summed E-state index contributed by atoms with van der Waals surface area (Å²) in [5, 5.41) is 14.7. The lowest BCUT2D eigenvalue weighted by molar-refractivity contribution is 0.0937. The van der Waals surface area contributed by atoms with Crippen LogP contribution in [0.15, 0.2) is 24.3 Å². The maximum Gasteiger partial charge on any atom is 0.251 e. The summed E-state index contributed by atoms with van der Waals surface area (Å²) < 4.78 is 1.82. The molecule has 0 bridgehead atoms. The number of aromatic nitrogens is 4. The van der Waals surface area contributed by atoms with Crippen LogP contribution in [0.5, 0.6) is 0 Å². The minimum Gasteiger partial charge on any atom is -0.342 e.